The molecule has 0 unspecified atom stereocenters. The van der Waals surface area contributed by atoms with Crippen LogP contribution < -0.4 is 10.0 Å². The monoisotopic (exact) mass is 643 g/mol. The maximum absolute atomic E-state index is 13.2. The number of benzene rings is 3. The zero-order valence-corrected chi connectivity index (χ0v) is 26.6. The first-order valence-corrected chi connectivity index (χ1v) is 17.2. The van der Waals surface area contributed by atoms with E-state index in [1.54, 1.807) is 38.1 Å². The number of morpholine rings is 1. The average molecular weight is 644 g/mol. The number of anilines is 2. The predicted molar refractivity (Wildman–Crippen MR) is 167 cm³/mol. The molecule has 1 aliphatic heterocycles. The Balaban J connectivity index is 1.39. The van der Waals surface area contributed by atoms with Gasteiger partial charge in [-0.2, -0.15) is 4.31 Å². The van der Waals surface area contributed by atoms with Gasteiger partial charge in [0.15, 0.2) is 6.61 Å². The molecule has 1 amide bonds. The van der Waals surface area contributed by atoms with Crippen molar-refractivity contribution in [3.05, 3.63) is 82.9 Å². The van der Waals surface area contributed by atoms with Gasteiger partial charge in [-0.3, -0.25) is 9.52 Å². The third kappa shape index (κ3) is 8.23. The zero-order valence-electron chi connectivity index (χ0n) is 25.0. The van der Waals surface area contributed by atoms with Crippen LogP contribution >= 0.6 is 0 Å². The molecule has 0 aliphatic carbocycles. The minimum absolute atomic E-state index is 0.0482. The van der Waals surface area contributed by atoms with Crippen molar-refractivity contribution in [2.45, 2.75) is 49.8 Å². The first kappa shape index (κ1) is 33.1. The van der Waals surface area contributed by atoms with Crippen molar-refractivity contribution in [1.29, 1.82) is 0 Å². The van der Waals surface area contributed by atoms with Gasteiger partial charge in [-0.05, 0) is 79.8 Å². The highest BCUT2D eigenvalue weighted by Gasteiger charge is 2.28. The van der Waals surface area contributed by atoms with Crippen LogP contribution in [0.5, 0.6) is 0 Å². The van der Waals surface area contributed by atoms with Crippen LogP contribution in [0.3, 0.4) is 0 Å². The quantitative estimate of drug-likeness (QED) is 0.278. The molecular weight excluding hydrogens is 606 g/mol. The van der Waals surface area contributed by atoms with Crippen molar-refractivity contribution in [3.63, 3.8) is 0 Å². The molecule has 1 fully saturated rings. The second-order valence-electron chi connectivity index (χ2n) is 10.5. The van der Waals surface area contributed by atoms with Gasteiger partial charge >= 0.3 is 5.97 Å². The maximum atomic E-state index is 13.2. The highest BCUT2D eigenvalue weighted by molar-refractivity contribution is 7.92. The number of rotatable bonds is 12. The SMILES string of the molecule is CCCCc1ccc(NS(=O)(=O)c2cc(C(=O)OCC(=O)Nc3ccc(C)c(S(=O)(=O)N4CCOCC4)c3)ccc2C)cc1. The number of nitrogens with zero attached hydrogens (tertiary/aromatic N) is 1. The average Bonchev–Trinajstić information content (AvgIpc) is 3.00. The summed E-state index contributed by atoms with van der Waals surface area (Å²) in [5.74, 6) is -1.59. The van der Waals surface area contributed by atoms with Crippen LogP contribution in [-0.4, -0.2) is 65.9 Å². The van der Waals surface area contributed by atoms with E-state index in [2.05, 4.69) is 17.0 Å². The molecule has 44 heavy (non-hydrogen) atoms. The smallest absolute Gasteiger partial charge is 0.338 e. The van der Waals surface area contributed by atoms with Crippen LogP contribution in [0.15, 0.2) is 70.5 Å². The van der Waals surface area contributed by atoms with Gasteiger partial charge in [0.2, 0.25) is 10.0 Å². The molecule has 0 aromatic heterocycles. The van der Waals surface area contributed by atoms with Crippen molar-refractivity contribution in [2.75, 3.05) is 42.9 Å². The Kier molecular flexibility index (Phi) is 10.8. The molecule has 3 aromatic carbocycles. The van der Waals surface area contributed by atoms with E-state index in [0.717, 1.165) is 24.8 Å². The summed E-state index contributed by atoms with van der Waals surface area (Å²) in [5, 5.41) is 2.55. The van der Waals surface area contributed by atoms with Gasteiger partial charge in [0, 0.05) is 24.5 Å². The fourth-order valence-corrected chi connectivity index (χ4v) is 7.63. The molecule has 0 atom stereocenters. The number of amides is 1. The molecule has 3 aromatic rings. The molecule has 0 radical (unpaired) electrons. The summed E-state index contributed by atoms with van der Waals surface area (Å²) in [5.41, 5.74) is 2.62. The Morgan fingerprint density at radius 1 is 0.864 bits per heavy atom. The molecule has 1 aliphatic rings. The fraction of sp³-hybridized carbons (Fsp3) is 0.355. The van der Waals surface area contributed by atoms with Gasteiger partial charge in [0.05, 0.1) is 28.6 Å². The summed E-state index contributed by atoms with van der Waals surface area (Å²) in [7, 11) is -7.82. The number of carbonyl (C=O) groups excluding carboxylic acids is 2. The molecule has 236 valence electrons. The first-order chi connectivity index (χ1) is 20.9. The summed E-state index contributed by atoms with van der Waals surface area (Å²) in [6, 6.07) is 15.8. The van der Waals surface area contributed by atoms with Crippen molar-refractivity contribution in [2.24, 2.45) is 0 Å². The van der Waals surface area contributed by atoms with Gasteiger partial charge in [-0.25, -0.2) is 21.6 Å². The molecule has 13 heteroatoms. The second-order valence-corrected chi connectivity index (χ2v) is 14.1. The topological polar surface area (TPSA) is 148 Å². The summed E-state index contributed by atoms with van der Waals surface area (Å²) in [6.07, 6.45) is 3.02. The lowest BCUT2D eigenvalue weighted by atomic mass is 10.1. The summed E-state index contributed by atoms with van der Waals surface area (Å²) >= 11 is 0. The largest absolute Gasteiger partial charge is 0.452 e. The predicted octanol–water partition coefficient (Wildman–Crippen LogP) is 4.26. The van der Waals surface area contributed by atoms with Crippen LogP contribution in [0.4, 0.5) is 11.4 Å². The first-order valence-electron chi connectivity index (χ1n) is 14.3. The minimum Gasteiger partial charge on any atom is -0.452 e. The highest BCUT2D eigenvalue weighted by Crippen LogP contribution is 2.25. The standard InChI is InChI=1S/C31H37N3O8S2/c1-4-5-6-24-9-13-26(14-10-24)33-43(37,38)28-19-25(11-7-22(28)2)31(36)42-21-30(35)32-27-12-8-23(3)29(20-27)44(39,40)34-15-17-41-18-16-34/h7-14,19-20,33H,4-6,15-18,21H2,1-3H3,(H,32,35). The third-order valence-corrected chi connectivity index (χ3v) is 10.7. The van der Waals surface area contributed by atoms with Crippen LogP contribution in [0.25, 0.3) is 0 Å². The van der Waals surface area contributed by atoms with E-state index in [1.807, 2.05) is 12.1 Å². The molecule has 1 heterocycles. The lowest BCUT2D eigenvalue weighted by Gasteiger charge is -2.26. The Labute approximate surface area is 258 Å². The van der Waals surface area contributed by atoms with Crippen LogP contribution in [0.1, 0.15) is 46.8 Å². The van der Waals surface area contributed by atoms with Crippen LogP contribution in [-0.2, 0) is 40.7 Å². The number of hydrogen-bond acceptors (Lipinski definition) is 8. The minimum atomic E-state index is -4.03. The Morgan fingerprint density at radius 2 is 1.50 bits per heavy atom. The number of unbranched alkanes of at least 4 members (excludes halogenated alkanes) is 1. The number of ether oxygens (including phenoxy) is 2. The van der Waals surface area contributed by atoms with E-state index >= 15 is 0 Å². The molecule has 0 spiro atoms. The van der Waals surface area contributed by atoms with Gasteiger partial charge in [-0.1, -0.05) is 37.6 Å². The van der Waals surface area contributed by atoms with E-state index in [9.17, 15) is 26.4 Å². The number of sulfonamides is 2. The number of esters is 1. The molecule has 2 N–H and O–H groups in total. The summed E-state index contributed by atoms with van der Waals surface area (Å²) in [4.78, 5) is 25.3. The van der Waals surface area contributed by atoms with Gasteiger partial charge in [0.1, 0.15) is 0 Å². The van der Waals surface area contributed by atoms with Gasteiger partial charge in [0.25, 0.3) is 15.9 Å². The van der Waals surface area contributed by atoms with Crippen molar-refractivity contribution in [3.8, 4) is 0 Å². The molecule has 1 saturated heterocycles. The lowest BCUT2D eigenvalue weighted by Crippen LogP contribution is -2.40. The normalized spacial score (nSPS) is 14.2. The van der Waals surface area contributed by atoms with Crippen molar-refractivity contribution in [1.82, 2.24) is 4.31 Å². The fourth-order valence-electron chi connectivity index (χ4n) is 4.64. The van der Waals surface area contributed by atoms with E-state index in [0.29, 0.717) is 30.0 Å². The number of nitrogens with one attached hydrogen (secondary N) is 2. The number of carbonyl (C=O) groups is 2. The lowest BCUT2D eigenvalue weighted by molar-refractivity contribution is -0.119. The zero-order chi connectivity index (χ0) is 31.9. The molecule has 4 rings (SSSR count). The van der Waals surface area contributed by atoms with Gasteiger partial charge in [-0.15, -0.1) is 0 Å². The van der Waals surface area contributed by atoms with Crippen LogP contribution in [0, 0.1) is 13.8 Å². The van der Waals surface area contributed by atoms with E-state index in [1.165, 1.54) is 28.6 Å². The number of hydrogen-bond donors (Lipinski definition) is 2. The Hall–Kier alpha value is -3.78. The maximum Gasteiger partial charge on any atom is 0.338 e. The van der Waals surface area contributed by atoms with E-state index in [-0.39, 0.29) is 34.1 Å². The molecule has 0 bridgehead atoms. The third-order valence-electron chi connectivity index (χ3n) is 7.13. The molecular formula is C31H37N3O8S2. The van der Waals surface area contributed by atoms with Crippen molar-refractivity contribution < 1.29 is 35.9 Å². The summed E-state index contributed by atoms with van der Waals surface area (Å²) < 4.78 is 66.9. The molecule has 0 saturated carbocycles. The van der Waals surface area contributed by atoms with Gasteiger partial charge < -0.3 is 14.8 Å². The Morgan fingerprint density at radius 3 is 2.18 bits per heavy atom. The van der Waals surface area contributed by atoms with E-state index in [4.69, 9.17) is 9.47 Å². The highest BCUT2D eigenvalue weighted by atomic mass is 32.2. The molecule has 11 nitrogen and oxygen atoms in total. The number of aryl methyl sites for hydroxylation is 3. The van der Waals surface area contributed by atoms with Crippen molar-refractivity contribution >= 4 is 43.3 Å². The Bertz CT molecular complexity index is 1720. The van der Waals surface area contributed by atoms with E-state index < -0.39 is 38.5 Å². The van der Waals surface area contributed by atoms with Crippen LogP contribution in [0.2, 0.25) is 0 Å². The summed E-state index contributed by atoms with van der Waals surface area (Å²) in [6.45, 7) is 5.79. The second kappa shape index (κ2) is 14.3.